The van der Waals surface area contributed by atoms with Crippen LogP contribution in [0.5, 0.6) is 0 Å². The molecule has 1 heterocycles. The van der Waals surface area contributed by atoms with E-state index in [1.807, 2.05) is 19.9 Å². The molecule has 0 amide bonds. The molecule has 2 rings (SSSR count). The van der Waals surface area contributed by atoms with Crippen molar-refractivity contribution in [2.24, 2.45) is 0 Å². The Hall–Kier alpha value is -1.35. The van der Waals surface area contributed by atoms with Gasteiger partial charge in [0.05, 0.1) is 17.4 Å². The average Bonchev–Trinajstić information content (AvgIpc) is 2.38. The number of nitrogens with one attached hydrogen (secondary N) is 1. The second-order valence-electron chi connectivity index (χ2n) is 4.75. The van der Waals surface area contributed by atoms with Crippen molar-refractivity contribution in [2.45, 2.75) is 33.2 Å². The molecular weight excluding hydrogens is 300 g/mol. The number of aryl methyl sites for hydroxylation is 2. The fourth-order valence-corrected chi connectivity index (χ4v) is 2.59. The second kappa shape index (κ2) is 6.20. The smallest absolute Gasteiger partial charge is 0.0607 e. The maximum Gasteiger partial charge on any atom is 0.0607 e. The van der Waals surface area contributed by atoms with E-state index in [4.69, 9.17) is 0 Å². The lowest BCUT2D eigenvalue weighted by molar-refractivity contribution is 0.746. The summed E-state index contributed by atoms with van der Waals surface area (Å²) in [6, 6.07) is 12.9. The van der Waals surface area contributed by atoms with Gasteiger partial charge in [-0.25, -0.2) is 0 Å². The molecule has 0 bridgehead atoms. The van der Waals surface area contributed by atoms with Crippen molar-refractivity contribution in [3.63, 3.8) is 0 Å². The molecule has 19 heavy (non-hydrogen) atoms. The predicted molar refractivity (Wildman–Crippen MR) is 84.5 cm³/mol. The van der Waals surface area contributed by atoms with Crippen LogP contribution >= 0.6 is 15.9 Å². The zero-order valence-corrected chi connectivity index (χ0v) is 13.2. The number of aromatic nitrogens is 1. The first-order valence-electron chi connectivity index (χ1n) is 6.56. The van der Waals surface area contributed by atoms with Gasteiger partial charge in [0.2, 0.25) is 0 Å². The molecule has 3 heteroatoms. The number of hydrogen-bond acceptors (Lipinski definition) is 2. The number of rotatable bonds is 4. The Morgan fingerprint density at radius 3 is 2.63 bits per heavy atom. The van der Waals surface area contributed by atoms with Gasteiger partial charge in [0, 0.05) is 10.2 Å². The largest absolute Gasteiger partial charge is 0.377 e. The van der Waals surface area contributed by atoms with Crippen LogP contribution in [-0.2, 0) is 0 Å². The number of anilines is 1. The maximum absolute atomic E-state index is 4.50. The third kappa shape index (κ3) is 3.57. The van der Waals surface area contributed by atoms with Gasteiger partial charge in [-0.15, -0.1) is 0 Å². The quantitative estimate of drug-likeness (QED) is 0.855. The van der Waals surface area contributed by atoms with Crippen molar-refractivity contribution in [3.05, 3.63) is 57.8 Å². The third-order valence-electron chi connectivity index (χ3n) is 3.21. The molecule has 1 aromatic heterocycles. The highest BCUT2D eigenvalue weighted by Crippen LogP contribution is 2.26. The molecule has 2 aromatic rings. The van der Waals surface area contributed by atoms with Gasteiger partial charge in [0.25, 0.3) is 0 Å². The van der Waals surface area contributed by atoms with Gasteiger partial charge in [0.15, 0.2) is 0 Å². The van der Waals surface area contributed by atoms with Crippen molar-refractivity contribution in [2.75, 3.05) is 5.32 Å². The molecule has 0 aliphatic rings. The van der Waals surface area contributed by atoms with Gasteiger partial charge in [-0.2, -0.15) is 0 Å². The first-order chi connectivity index (χ1) is 9.10. The molecule has 0 radical (unpaired) electrons. The van der Waals surface area contributed by atoms with Crippen LogP contribution in [0, 0.1) is 13.8 Å². The van der Waals surface area contributed by atoms with E-state index in [1.165, 1.54) is 5.56 Å². The minimum absolute atomic E-state index is 0.306. The molecule has 0 aliphatic heterocycles. The highest BCUT2D eigenvalue weighted by Gasteiger charge is 2.11. The Kier molecular flexibility index (Phi) is 4.59. The van der Waals surface area contributed by atoms with Crippen LogP contribution in [0.1, 0.15) is 36.3 Å². The van der Waals surface area contributed by atoms with Crippen molar-refractivity contribution in [1.29, 1.82) is 0 Å². The fourth-order valence-electron chi connectivity index (χ4n) is 2.17. The zero-order valence-electron chi connectivity index (χ0n) is 11.6. The lowest BCUT2D eigenvalue weighted by atomic mass is 10.0. The van der Waals surface area contributed by atoms with Gasteiger partial charge >= 0.3 is 0 Å². The molecule has 0 saturated heterocycles. The number of halogens is 1. The normalized spacial score (nSPS) is 12.2. The molecular formula is C16H19BrN2. The van der Waals surface area contributed by atoms with Crippen LogP contribution in [-0.4, -0.2) is 4.98 Å². The Morgan fingerprint density at radius 1 is 1.21 bits per heavy atom. The summed E-state index contributed by atoms with van der Waals surface area (Å²) in [6.45, 7) is 6.25. The van der Waals surface area contributed by atoms with E-state index in [2.05, 4.69) is 63.5 Å². The highest BCUT2D eigenvalue weighted by molar-refractivity contribution is 9.10. The fraction of sp³-hybridized carbons (Fsp3) is 0.312. The Labute approximate surface area is 123 Å². The molecule has 1 aromatic carbocycles. The standard InChI is InChI=1S/C16H19BrN2/c1-4-15(13-6-5-7-14(17)10-13)19-16-9-8-11(2)18-12(16)3/h5-10,15,19H,4H2,1-3H3. The summed E-state index contributed by atoms with van der Waals surface area (Å²) in [5, 5.41) is 3.58. The van der Waals surface area contributed by atoms with Gasteiger partial charge in [-0.3, -0.25) is 4.98 Å². The number of hydrogen-bond donors (Lipinski definition) is 1. The van der Waals surface area contributed by atoms with Crippen molar-refractivity contribution < 1.29 is 0 Å². The number of nitrogens with zero attached hydrogens (tertiary/aromatic N) is 1. The molecule has 0 fully saturated rings. The summed E-state index contributed by atoms with van der Waals surface area (Å²) in [4.78, 5) is 4.50. The minimum atomic E-state index is 0.306. The van der Waals surface area contributed by atoms with Crippen molar-refractivity contribution in [1.82, 2.24) is 4.98 Å². The number of pyridine rings is 1. The van der Waals surface area contributed by atoms with Gasteiger partial charge in [-0.1, -0.05) is 35.0 Å². The summed E-state index contributed by atoms with van der Waals surface area (Å²) in [7, 11) is 0. The maximum atomic E-state index is 4.50. The van der Waals surface area contributed by atoms with Gasteiger partial charge in [-0.05, 0) is 50.1 Å². The first kappa shape index (κ1) is 14.1. The number of benzene rings is 1. The van der Waals surface area contributed by atoms with Crippen LogP contribution in [0.3, 0.4) is 0 Å². The second-order valence-corrected chi connectivity index (χ2v) is 5.66. The summed E-state index contributed by atoms with van der Waals surface area (Å²) in [5.41, 5.74) is 4.50. The van der Waals surface area contributed by atoms with E-state index in [0.717, 1.165) is 28.0 Å². The topological polar surface area (TPSA) is 24.9 Å². The minimum Gasteiger partial charge on any atom is -0.377 e. The molecule has 0 aliphatic carbocycles. The lowest BCUT2D eigenvalue weighted by Gasteiger charge is -2.20. The van der Waals surface area contributed by atoms with Crippen LogP contribution in [0.4, 0.5) is 5.69 Å². The predicted octanol–water partition coefficient (Wildman–Crippen LogP) is 5.02. The van der Waals surface area contributed by atoms with Crippen LogP contribution in [0.2, 0.25) is 0 Å². The third-order valence-corrected chi connectivity index (χ3v) is 3.71. The van der Waals surface area contributed by atoms with Crippen molar-refractivity contribution in [3.8, 4) is 0 Å². The SMILES string of the molecule is CCC(Nc1ccc(C)nc1C)c1cccc(Br)c1. The Bertz CT molecular complexity index is 566. The van der Waals surface area contributed by atoms with Gasteiger partial charge < -0.3 is 5.32 Å². The van der Waals surface area contributed by atoms with Gasteiger partial charge in [0.1, 0.15) is 0 Å². The molecule has 2 nitrogen and oxygen atoms in total. The Morgan fingerprint density at radius 2 is 2.00 bits per heavy atom. The lowest BCUT2D eigenvalue weighted by Crippen LogP contribution is -2.11. The highest BCUT2D eigenvalue weighted by atomic mass is 79.9. The average molecular weight is 319 g/mol. The van der Waals surface area contributed by atoms with E-state index in [-0.39, 0.29) is 0 Å². The monoisotopic (exact) mass is 318 g/mol. The first-order valence-corrected chi connectivity index (χ1v) is 7.35. The molecule has 1 N–H and O–H groups in total. The molecule has 100 valence electrons. The van der Waals surface area contributed by atoms with Crippen LogP contribution in [0.15, 0.2) is 40.9 Å². The van der Waals surface area contributed by atoms with Crippen LogP contribution < -0.4 is 5.32 Å². The van der Waals surface area contributed by atoms with Crippen LogP contribution in [0.25, 0.3) is 0 Å². The summed E-state index contributed by atoms with van der Waals surface area (Å²) in [6.07, 6.45) is 1.03. The summed E-state index contributed by atoms with van der Waals surface area (Å²) >= 11 is 3.53. The summed E-state index contributed by atoms with van der Waals surface area (Å²) < 4.78 is 1.11. The molecule has 0 saturated carbocycles. The molecule has 0 spiro atoms. The van der Waals surface area contributed by atoms with E-state index < -0.39 is 0 Å². The Balaban J connectivity index is 2.24. The molecule has 1 unspecified atom stereocenters. The van der Waals surface area contributed by atoms with E-state index in [0.29, 0.717) is 6.04 Å². The van der Waals surface area contributed by atoms with Crippen molar-refractivity contribution >= 4 is 21.6 Å². The van der Waals surface area contributed by atoms with E-state index in [1.54, 1.807) is 0 Å². The van der Waals surface area contributed by atoms with E-state index >= 15 is 0 Å². The zero-order chi connectivity index (χ0) is 13.8. The molecule has 1 atom stereocenters. The van der Waals surface area contributed by atoms with E-state index in [9.17, 15) is 0 Å². The summed E-state index contributed by atoms with van der Waals surface area (Å²) in [5.74, 6) is 0.